The van der Waals surface area contributed by atoms with E-state index in [0.29, 0.717) is 5.92 Å². The van der Waals surface area contributed by atoms with Gasteiger partial charge in [0.2, 0.25) is 0 Å². The molecule has 0 amide bonds. The van der Waals surface area contributed by atoms with Crippen molar-refractivity contribution in [3.63, 3.8) is 0 Å². The first-order valence-electron chi connectivity index (χ1n) is 28.5. The Morgan fingerprint density at radius 1 is 0.539 bits per heavy atom. The summed E-state index contributed by atoms with van der Waals surface area (Å²) in [5, 5.41) is 1.16. The molecule has 2 atom stereocenters. The number of furan rings is 1. The molecule has 7 aromatic carbocycles. The minimum atomic E-state index is -0.182. The summed E-state index contributed by atoms with van der Waals surface area (Å²) in [4.78, 5) is 8.08. The average molecular weight is 1000 g/mol. The molecule has 388 valence electrons. The maximum Gasteiger partial charge on any atom is 0.297 e. The first-order valence-corrected chi connectivity index (χ1v) is 28.5. The third-order valence-corrected chi connectivity index (χ3v) is 18.6. The van der Waals surface area contributed by atoms with Gasteiger partial charge < -0.3 is 19.1 Å². The van der Waals surface area contributed by atoms with E-state index in [9.17, 15) is 0 Å². The van der Waals surface area contributed by atoms with Crippen molar-refractivity contribution >= 4 is 79.8 Å². The van der Waals surface area contributed by atoms with E-state index < -0.39 is 0 Å². The second-order valence-corrected chi connectivity index (χ2v) is 28.0. The predicted octanol–water partition coefficient (Wildman–Crippen LogP) is 18.2. The lowest BCUT2D eigenvalue weighted by molar-refractivity contribution is 0.195. The van der Waals surface area contributed by atoms with Crippen LogP contribution in [0.5, 0.6) is 0 Å². The maximum atomic E-state index is 7.62. The molecule has 8 aromatic rings. The highest BCUT2D eigenvalue weighted by Crippen LogP contribution is 2.63. The second-order valence-electron chi connectivity index (χ2n) is 28.0. The monoisotopic (exact) mass is 1000 g/mol. The van der Waals surface area contributed by atoms with Gasteiger partial charge in [-0.05, 0) is 158 Å². The summed E-state index contributed by atoms with van der Waals surface area (Å²) in [6.45, 7) is 37.8. The topological polar surface area (TPSA) is 22.9 Å². The largest absolute Gasteiger partial charge is 0.468 e. The molecule has 0 saturated heterocycles. The van der Waals surface area contributed by atoms with E-state index in [1.165, 1.54) is 85.3 Å². The van der Waals surface area contributed by atoms with Gasteiger partial charge in [0.1, 0.15) is 5.58 Å². The minimum Gasteiger partial charge on any atom is -0.468 e. The Balaban J connectivity index is 1.26. The summed E-state index contributed by atoms with van der Waals surface area (Å²) in [7, 11) is 0. The van der Waals surface area contributed by atoms with Crippen molar-refractivity contribution in [3.8, 4) is 11.1 Å². The molecule has 1 aliphatic carbocycles. The quantitative estimate of drug-likeness (QED) is 0.155. The Morgan fingerprint density at radius 2 is 1.12 bits per heavy atom. The molecule has 1 fully saturated rings. The fourth-order valence-electron chi connectivity index (χ4n) is 13.7. The van der Waals surface area contributed by atoms with Gasteiger partial charge in [0.25, 0.3) is 6.71 Å². The molecule has 0 radical (unpaired) electrons. The van der Waals surface area contributed by atoms with Gasteiger partial charge in [0, 0.05) is 44.8 Å². The van der Waals surface area contributed by atoms with Crippen LogP contribution in [0.25, 0.3) is 22.1 Å². The second kappa shape index (κ2) is 17.0. The van der Waals surface area contributed by atoms with Crippen LogP contribution in [0.2, 0.25) is 0 Å². The summed E-state index contributed by atoms with van der Waals surface area (Å²) in [6.07, 6.45) is 4.70. The Bertz CT molecular complexity index is 3540. The standard InChI is InChI=1S/C71H80BN3O/c1-44(2)46-24-35-61-55(38-46)63-65(76-61)72-57-41-50(69(12,13)14)40-56-64(57)75(71(16)37-21-20-36-70(56,71)15)60-43-53(73(51-30-25-47(26-31-51)66(3,4)5)52-32-27-48(28-33-52)67(6,7)8)42-59(62(60)72)74(63)58-34-29-49(68(9,10)11)39-54(58)45-22-18-17-19-23-45/h17-19,22-35,38-44H,20-21,36-37H2,1-16H3. The van der Waals surface area contributed by atoms with Gasteiger partial charge in [0.05, 0.1) is 28.3 Å². The van der Waals surface area contributed by atoms with Crippen molar-refractivity contribution in [1.82, 2.24) is 0 Å². The van der Waals surface area contributed by atoms with Crippen molar-refractivity contribution < 1.29 is 4.42 Å². The number of anilines is 8. The van der Waals surface area contributed by atoms with E-state index >= 15 is 0 Å². The molecule has 76 heavy (non-hydrogen) atoms. The Morgan fingerprint density at radius 3 is 1.71 bits per heavy atom. The lowest BCUT2D eigenvalue weighted by Crippen LogP contribution is -2.64. The average Bonchev–Trinajstić information content (AvgIpc) is 4.08. The highest BCUT2D eigenvalue weighted by Gasteiger charge is 2.62. The first-order chi connectivity index (χ1) is 35.8. The zero-order valence-electron chi connectivity index (χ0n) is 48.5. The third-order valence-electron chi connectivity index (χ3n) is 18.6. The molecule has 5 heteroatoms. The van der Waals surface area contributed by atoms with Crippen molar-refractivity contribution in [2.75, 3.05) is 14.7 Å². The maximum absolute atomic E-state index is 7.62. The van der Waals surface area contributed by atoms with Gasteiger partial charge in [-0.3, -0.25) is 0 Å². The normalized spacial score (nSPS) is 19.0. The van der Waals surface area contributed by atoms with Crippen LogP contribution in [-0.4, -0.2) is 12.3 Å². The molecule has 0 N–H and O–H groups in total. The van der Waals surface area contributed by atoms with Gasteiger partial charge in [-0.2, -0.15) is 0 Å². The molecule has 4 heterocycles. The molecule has 12 rings (SSSR count). The van der Waals surface area contributed by atoms with E-state index in [1.54, 1.807) is 0 Å². The van der Waals surface area contributed by atoms with Crippen LogP contribution in [0, 0.1) is 0 Å². The first kappa shape index (κ1) is 50.4. The summed E-state index contributed by atoms with van der Waals surface area (Å²) < 4.78 is 7.62. The van der Waals surface area contributed by atoms with Crippen molar-refractivity contribution in [1.29, 1.82) is 0 Å². The van der Waals surface area contributed by atoms with E-state index in [-0.39, 0.29) is 39.3 Å². The van der Waals surface area contributed by atoms with E-state index in [4.69, 9.17) is 4.42 Å². The molecule has 0 spiro atoms. The fraction of sp³-hybridized carbons (Fsp3) is 0.380. The number of fused-ring (bicyclic) bond motifs is 9. The van der Waals surface area contributed by atoms with Crippen LogP contribution in [0.3, 0.4) is 0 Å². The van der Waals surface area contributed by atoms with Crippen LogP contribution in [0.15, 0.2) is 144 Å². The Kier molecular flexibility index (Phi) is 11.3. The van der Waals surface area contributed by atoms with Gasteiger partial charge in [-0.25, -0.2) is 0 Å². The highest BCUT2D eigenvalue weighted by molar-refractivity contribution is 7.00. The van der Waals surface area contributed by atoms with Crippen LogP contribution >= 0.6 is 0 Å². The van der Waals surface area contributed by atoms with Crippen LogP contribution in [0.4, 0.5) is 45.5 Å². The highest BCUT2D eigenvalue weighted by atomic mass is 16.3. The van der Waals surface area contributed by atoms with Crippen molar-refractivity contribution in [3.05, 3.63) is 173 Å². The van der Waals surface area contributed by atoms with Crippen molar-refractivity contribution in [2.45, 2.75) is 175 Å². The van der Waals surface area contributed by atoms with Crippen LogP contribution < -0.4 is 31.3 Å². The number of hydrogen-bond donors (Lipinski definition) is 0. The van der Waals surface area contributed by atoms with E-state index in [0.717, 1.165) is 57.9 Å². The van der Waals surface area contributed by atoms with Crippen LogP contribution in [0.1, 0.15) is 176 Å². The lowest BCUT2D eigenvalue weighted by atomic mass is 9.35. The Hall–Kier alpha value is -6.46. The number of benzene rings is 7. The molecule has 1 aromatic heterocycles. The molecule has 3 aliphatic heterocycles. The van der Waals surface area contributed by atoms with Gasteiger partial charge >= 0.3 is 0 Å². The smallest absolute Gasteiger partial charge is 0.297 e. The van der Waals surface area contributed by atoms with Crippen molar-refractivity contribution in [2.24, 2.45) is 0 Å². The number of nitrogens with zero attached hydrogens (tertiary/aromatic N) is 3. The molecular formula is C71H80BN3O. The zero-order valence-corrected chi connectivity index (χ0v) is 48.5. The Labute approximate surface area is 455 Å². The third kappa shape index (κ3) is 7.66. The van der Waals surface area contributed by atoms with Gasteiger partial charge in [-0.1, -0.05) is 196 Å². The molecule has 4 nitrogen and oxygen atoms in total. The minimum absolute atomic E-state index is 0.0124. The van der Waals surface area contributed by atoms with E-state index in [2.05, 4.69) is 265 Å². The van der Waals surface area contributed by atoms with Gasteiger partial charge in [0.15, 0.2) is 0 Å². The summed E-state index contributed by atoms with van der Waals surface area (Å²) >= 11 is 0. The number of hydrogen-bond acceptors (Lipinski definition) is 4. The summed E-state index contributed by atoms with van der Waals surface area (Å²) in [5.74, 6) is 0.339. The fourth-order valence-corrected chi connectivity index (χ4v) is 13.7. The summed E-state index contributed by atoms with van der Waals surface area (Å²) in [6, 6.07) is 54.6. The molecule has 1 saturated carbocycles. The molecule has 2 unspecified atom stereocenters. The SMILES string of the molecule is CC(C)c1ccc2oc3c(c2c1)N(c1ccc(C(C)(C)C)cc1-c1ccccc1)c1cc(N(c2ccc(C(C)(C)C)cc2)c2ccc(C(C)(C)C)cc2)cc2c1B3c1cc(C(C)(C)C)cc3c1N2C1(C)CCCCC31C. The van der Waals surface area contributed by atoms with Crippen LogP contribution in [-0.2, 0) is 27.1 Å². The molecule has 0 bridgehead atoms. The van der Waals surface area contributed by atoms with E-state index in [1.807, 2.05) is 0 Å². The number of rotatable bonds is 6. The molecule has 4 aliphatic rings. The van der Waals surface area contributed by atoms with Gasteiger partial charge in [-0.15, -0.1) is 0 Å². The zero-order chi connectivity index (χ0) is 53.8. The summed E-state index contributed by atoms with van der Waals surface area (Å²) in [5.41, 5.74) is 24.5. The predicted molar refractivity (Wildman–Crippen MR) is 327 cm³/mol. The lowest BCUT2D eigenvalue weighted by Gasteiger charge is -2.52. The molecular weight excluding hydrogens is 922 g/mol.